The molecule has 3 aromatic rings. The Kier molecular flexibility index (Phi) is 5.97. The van der Waals surface area contributed by atoms with Crippen LogP contribution in [0.4, 0.5) is 0 Å². The van der Waals surface area contributed by atoms with Gasteiger partial charge in [0, 0.05) is 31.5 Å². The number of aromatic nitrogens is 3. The van der Waals surface area contributed by atoms with Gasteiger partial charge in [0.15, 0.2) is 0 Å². The fourth-order valence-electron chi connectivity index (χ4n) is 3.98. The first-order valence-electron chi connectivity index (χ1n) is 10.1. The lowest BCUT2D eigenvalue weighted by atomic mass is 10.1. The van der Waals surface area contributed by atoms with E-state index in [9.17, 15) is 5.11 Å². The van der Waals surface area contributed by atoms with Crippen molar-refractivity contribution < 1.29 is 14.4 Å². The highest BCUT2D eigenvalue weighted by molar-refractivity contribution is 5.28. The zero-order valence-electron chi connectivity index (χ0n) is 16.9. The van der Waals surface area contributed by atoms with Gasteiger partial charge in [0.1, 0.15) is 18.1 Å². The molecule has 154 valence electrons. The Labute approximate surface area is 170 Å². The average molecular weight is 396 g/mol. The molecule has 1 aliphatic carbocycles. The maximum atomic E-state index is 10.4. The van der Waals surface area contributed by atoms with Crippen LogP contribution in [0, 0.1) is 19.8 Å². The van der Waals surface area contributed by atoms with E-state index >= 15 is 0 Å². The molecule has 2 aromatic heterocycles. The van der Waals surface area contributed by atoms with Crippen LogP contribution in [0.3, 0.4) is 0 Å². The predicted molar refractivity (Wildman–Crippen MR) is 108 cm³/mol. The lowest BCUT2D eigenvalue weighted by molar-refractivity contribution is 0.145. The van der Waals surface area contributed by atoms with E-state index in [-0.39, 0.29) is 12.1 Å². The molecule has 2 heterocycles. The number of aliphatic hydroxyl groups is 1. The fourth-order valence-corrected chi connectivity index (χ4v) is 3.98. The minimum Gasteiger partial charge on any atom is -0.489 e. The summed E-state index contributed by atoms with van der Waals surface area (Å²) in [5.41, 5.74) is 3.03. The highest BCUT2D eigenvalue weighted by atomic mass is 16.5. The van der Waals surface area contributed by atoms with E-state index < -0.39 is 0 Å². The molecular weight excluding hydrogens is 368 g/mol. The fraction of sp³-hybridized carbons (Fsp3) is 0.455. The Morgan fingerprint density at radius 3 is 2.76 bits per heavy atom. The molecule has 1 aliphatic rings. The molecule has 0 bridgehead atoms. The Balaban J connectivity index is 1.25. The van der Waals surface area contributed by atoms with Crippen molar-refractivity contribution in [3.63, 3.8) is 0 Å². The maximum Gasteiger partial charge on any atom is 0.140 e. The largest absolute Gasteiger partial charge is 0.489 e. The molecule has 1 unspecified atom stereocenters. The van der Waals surface area contributed by atoms with Gasteiger partial charge < -0.3 is 19.7 Å². The first-order chi connectivity index (χ1) is 14.1. The van der Waals surface area contributed by atoms with Gasteiger partial charge in [-0.15, -0.1) is 0 Å². The van der Waals surface area contributed by atoms with Gasteiger partial charge in [0.2, 0.25) is 0 Å². The quantitative estimate of drug-likeness (QED) is 0.609. The summed E-state index contributed by atoms with van der Waals surface area (Å²) >= 11 is 0. The molecule has 0 amide bonds. The van der Waals surface area contributed by atoms with Crippen LogP contribution in [0.2, 0.25) is 0 Å². The van der Waals surface area contributed by atoms with Crippen LogP contribution in [0.5, 0.6) is 5.75 Å². The summed E-state index contributed by atoms with van der Waals surface area (Å²) in [4.78, 5) is 0. The van der Waals surface area contributed by atoms with Crippen molar-refractivity contribution >= 4 is 0 Å². The average Bonchev–Trinajstić information content (AvgIpc) is 3.42. The molecule has 1 aromatic carbocycles. The van der Waals surface area contributed by atoms with E-state index in [0.29, 0.717) is 12.5 Å². The summed E-state index contributed by atoms with van der Waals surface area (Å²) in [5, 5.41) is 22.1. The van der Waals surface area contributed by atoms with E-state index in [4.69, 9.17) is 9.26 Å². The summed E-state index contributed by atoms with van der Waals surface area (Å²) in [6.45, 7) is 5.84. The third-order valence-electron chi connectivity index (χ3n) is 5.69. The minimum atomic E-state index is -0.312. The molecule has 0 spiro atoms. The molecular formula is C22H28N4O3. The van der Waals surface area contributed by atoms with Crippen LogP contribution in [0.25, 0.3) is 0 Å². The van der Waals surface area contributed by atoms with Gasteiger partial charge in [-0.25, -0.2) is 0 Å². The number of rotatable bonds is 8. The van der Waals surface area contributed by atoms with Crippen molar-refractivity contribution in [2.75, 3.05) is 0 Å². The second-order valence-electron chi connectivity index (χ2n) is 7.86. The van der Waals surface area contributed by atoms with E-state index in [2.05, 4.69) is 27.7 Å². The smallest absolute Gasteiger partial charge is 0.140 e. The maximum absolute atomic E-state index is 10.4. The summed E-state index contributed by atoms with van der Waals surface area (Å²) < 4.78 is 13.0. The molecule has 4 rings (SSSR count). The second kappa shape index (κ2) is 8.80. The normalized spacial score (nSPS) is 21.6. The summed E-state index contributed by atoms with van der Waals surface area (Å²) in [6, 6.07) is 10.1. The van der Waals surface area contributed by atoms with Crippen molar-refractivity contribution in [2.24, 2.45) is 5.92 Å². The summed E-state index contributed by atoms with van der Waals surface area (Å²) in [5.74, 6) is 2.06. The Bertz CT molecular complexity index is 885. The molecule has 7 heteroatoms. The van der Waals surface area contributed by atoms with Crippen LogP contribution in [-0.2, 0) is 19.7 Å². The molecule has 29 heavy (non-hydrogen) atoms. The van der Waals surface area contributed by atoms with E-state index in [1.165, 1.54) is 0 Å². The molecule has 2 N–H and O–H groups in total. The highest BCUT2D eigenvalue weighted by Gasteiger charge is 2.32. The number of ether oxygens (including phenoxy) is 1. The molecule has 0 aliphatic heterocycles. The zero-order valence-corrected chi connectivity index (χ0v) is 16.9. The van der Waals surface area contributed by atoms with Crippen LogP contribution in [0.15, 0.2) is 47.2 Å². The van der Waals surface area contributed by atoms with Gasteiger partial charge in [0.25, 0.3) is 0 Å². The van der Waals surface area contributed by atoms with Gasteiger partial charge in [-0.1, -0.05) is 17.3 Å². The van der Waals surface area contributed by atoms with Crippen molar-refractivity contribution in [2.45, 2.75) is 58.5 Å². The third-order valence-corrected chi connectivity index (χ3v) is 5.69. The lowest BCUT2D eigenvalue weighted by Crippen LogP contribution is -2.35. The lowest BCUT2D eigenvalue weighted by Gasteiger charge is -2.16. The topological polar surface area (TPSA) is 85.3 Å². The van der Waals surface area contributed by atoms with Gasteiger partial charge in [-0.2, -0.15) is 5.10 Å². The molecule has 3 atom stereocenters. The van der Waals surface area contributed by atoms with Crippen molar-refractivity contribution in [1.29, 1.82) is 0 Å². The Morgan fingerprint density at radius 1 is 1.24 bits per heavy atom. The van der Waals surface area contributed by atoms with Crippen molar-refractivity contribution in [3.05, 3.63) is 65.3 Å². The molecule has 1 saturated carbocycles. The third kappa shape index (κ3) is 4.86. The summed E-state index contributed by atoms with van der Waals surface area (Å²) in [7, 11) is 0. The number of benzene rings is 1. The van der Waals surface area contributed by atoms with Crippen molar-refractivity contribution in [3.8, 4) is 5.75 Å². The number of hydrogen-bond acceptors (Lipinski definition) is 6. The van der Waals surface area contributed by atoms with Crippen LogP contribution >= 0.6 is 0 Å². The van der Waals surface area contributed by atoms with Gasteiger partial charge in [0.05, 0.1) is 17.4 Å². The highest BCUT2D eigenvalue weighted by Crippen LogP contribution is 2.28. The Morgan fingerprint density at radius 2 is 2.07 bits per heavy atom. The Hall–Kier alpha value is -2.64. The van der Waals surface area contributed by atoms with Crippen LogP contribution in [-0.4, -0.2) is 32.2 Å². The number of nitrogens with zero attached hydrogens (tertiary/aromatic N) is 3. The first-order valence-corrected chi connectivity index (χ1v) is 10.1. The van der Waals surface area contributed by atoms with Crippen LogP contribution < -0.4 is 10.1 Å². The predicted octanol–water partition coefficient (Wildman–Crippen LogP) is 3.00. The van der Waals surface area contributed by atoms with Gasteiger partial charge >= 0.3 is 0 Å². The van der Waals surface area contributed by atoms with Crippen molar-refractivity contribution in [1.82, 2.24) is 20.3 Å². The van der Waals surface area contributed by atoms with Gasteiger partial charge in [-0.05, 0) is 56.4 Å². The minimum absolute atomic E-state index is 0.117. The van der Waals surface area contributed by atoms with E-state index in [0.717, 1.165) is 54.3 Å². The van der Waals surface area contributed by atoms with E-state index in [1.807, 2.05) is 42.9 Å². The zero-order chi connectivity index (χ0) is 20.2. The number of aryl methyl sites for hydroxylation is 2. The number of nitrogens with one attached hydrogen (secondary N) is 1. The molecule has 1 fully saturated rings. The van der Waals surface area contributed by atoms with Crippen LogP contribution in [0.1, 0.15) is 35.4 Å². The number of hydrogen-bond donors (Lipinski definition) is 2. The monoisotopic (exact) mass is 396 g/mol. The van der Waals surface area contributed by atoms with Gasteiger partial charge in [-0.3, -0.25) is 4.68 Å². The second-order valence-corrected chi connectivity index (χ2v) is 7.86. The molecule has 0 saturated heterocycles. The molecule has 7 nitrogen and oxygen atoms in total. The first kappa shape index (κ1) is 19.7. The molecule has 0 radical (unpaired) electrons. The standard InChI is InChI=1S/C22H28N4O3/c1-15-20(16(2)29-25-15)14-28-19-6-4-17(5-7-19)12-23-21-10-18(11-22(21)27)13-26-9-3-8-24-26/h3-9,18,21-23,27H,10-14H2,1-2H3/t18?,21-,22-/m1/s1. The van der Waals surface area contributed by atoms with E-state index in [1.54, 1.807) is 6.20 Å². The number of aliphatic hydroxyl groups excluding tert-OH is 1. The SMILES string of the molecule is Cc1noc(C)c1COc1ccc(CN[C@@H]2CC(Cn3cccn3)C[C@H]2O)cc1. The summed E-state index contributed by atoms with van der Waals surface area (Å²) in [6.07, 6.45) is 5.23.